The summed E-state index contributed by atoms with van der Waals surface area (Å²) in [5.41, 5.74) is 0.795. The maximum absolute atomic E-state index is 12.4. The molecule has 2 rings (SSSR count). The molecule has 272 valence electrons. The number of aliphatic hydroxyl groups is 2. The second-order valence-electron chi connectivity index (χ2n) is 14.2. The number of hydrogen-bond acceptors (Lipinski definition) is 8. The lowest BCUT2D eigenvalue weighted by Crippen LogP contribution is -2.34. The molecule has 0 saturated carbocycles. The van der Waals surface area contributed by atoms with Gasteiger partial charge < -0.3 is 24.4 Å². The second kappa shape index (κ2) is 25.2. The van der Waals surface area contributed by atoms with E-state index < -0.39 is 18.3 Å². The Labute approximate surface area is 285 Å². The van der Waals surface area contributed by atoms with E-state index in [2.05, 4.69) is 6.92 Å². The van der Waals surface area contributed by atoms with Crippen molar-refractivity contribution in [3.8, 4) is 0 Å². The van der Waals surface area contributed by atoms with Crippen LogP contribution in [0.4, 0.5) is 0 Å². The zero-order valence-corrected chi connectivity index (χ0v) is 30.1. The molecule has 8 nitrogen and oxygen atoms in total. The highest BCUT2D eigenvalue weighted by Gasteiger charge is 2.35. The van der Waals surface area contributed by atoms with Gasteiger partial charge in [-0.3, -0.25) is 9.59 Å². The van der Waals surface area contributed by atoms with Gasteiger partial charge in [-0.05, 0) is 70.8 Å². The quantitative estimate of drug-likeness (QED) is 0.0603. The SMILES string of the molecule is CCCCCCCCCCCC[C@@H](O)[C@H]1CC[C@H]([C@H](O)CC(CCCCC(=O)CCCCCCCC2=C[C@H](C)OC2=O)OC(C)=O)O1. The van der Waals surface area contributed by atoms with E-state index in [0.29, 0.717) is 32.1 Å². The number of ether oxygens (including phenoxy) is 3. The molecule has 1 fully saturated rings. The van der Waals surface area contributed by atoms with Gasteiger partial charge in [0.15, 0.2) is 0 Å². The van der Waals surface area contributed by atoms with Crippen molar-refractivity contribution in [1.82, 2.24) is 0 Å². The second-order valence-corrected chi connectivity index (χ2v) is 14.2. The van der Waals surface area contributed by atoms with Gasteiger partial charge in [0.2, 0.25) is 0 Å². The van der Waals surface area contributed by atoms with Gasteiger partial charge in [0.05, 0.1) is 24.4 Å². The lowest BCUT2D eigenvalue weighted by molar-refractivity contribution is -0.150. The average molecular weight is 665 g/mol. The minimum absolute atomic E-state index is 0.105. The third-order valence-corrected chi connectivity index (χ3v) is 9.76. The van der Waals surface area contributed by atoms with Crippen LogP contribution in [0.2, 0.25) is 0 Å². The molecule has 0 spiro atoms. The van der Waals surface area contributed by atoms with E-state index in [1.165, 1.54) is 58.3 Å². The van der Waals surface area contributed by atoms with Crippen molar-refractivity contribution < 1.29 is 38.8 Å². The number of Topliss-reactive ketones (excluding diaryl/α,β-unsaturated/α-hetero) is 1. The Morgan fingerprint density at radius 2 is 1.32 bits per heavy atom. The Kier molecular flexibility index (Phi) is 22.2. The Hall–Kier alpha value is -1.77. The third-order valence-electron chi connectivity index (χ3n) is 9.76. The summed E-state index contributed by atoms with van der Waals surface area (Å²) in [7, 11) is 0. The van der Waals surface area contributed by atoms with E-state index in [9.17, 15) is 24.6 Å². The standard InChI is InChI=1S/C39H68O8/c1-4-5-6-7-8-9-10-11-15-18-25-35(42)37-26-27-38(47-37)36(43)29-34(46-31(3)40)24-20-19-23-33(41)22-17-14-12-13-16-21-32-28-30(2)45-39(32)44/h28,30,34-38,42-43H,4-27,29H2,1-3H3/t30-,34?,35+,36+,37+,38+/m0/s1. The van der Waals surface area contributed by atoms with Gasteiger partial charge in [0.1, 0.15) is 18.0 Å². The molecule has 0 aromatic rings. The van der Waals surface area contributed by atoms with Gasteiger partial charge in [-0.15, -0.1) is 0 Å². The van der Waals surface area contributed by atoms with E-state index in [1.54, 1.807) is 0 Å². The molecule has 0 aliphatic carbocycles. The summed E-state index contributed by atoms with van der Waals surface area (Å²) in [6.45, 7) is 5.50. The summed E-state index contributed by atoms with van der Waals surface area (Å²) in [6.07, 6.45) is 23.5. The highest BCUT2D eigenvalue weighted by molar-refractivity contribution is 5.90. The number of unbranched alkanes of at least 4 members (excludes halogenated alkanes) is 14. The summed E-state index contributed by atoms with van der Waals surface area (Å²) < 4.78 is 16.7. The van der Waals surface area contributed by atoms with Crippen LogP contribution in [-0.4, -0.2) is 64.6 Å². The number of ketones is 1. The normalized spacial score (nSPS) is 21.3. The Bertz CT molecular complexity index is 901. The smallest absolute Gasteiger partial charge is 0.334 e. The van der Waals surface area contributed by atoms with Gasteiger partial charge in [-0.25, -0.2) is 4.79 Å². The molecule has 6 atom stereocenters. The molecule has 2 heterocycles. The first kappa shape index (κ1) is 41.4. The zero-order valence-electron chi connectivity index (χ0n) is 30.1. The molecular formula is C39H68O8. The van der Waals surface area contributed by atoms with Crippen LogP contribution >= 0.6 is 0 Å². The number of carbonyl (C=O) groups excluding carboxylic acids is 3. The average Bonchev–Trinajstić information content (AvgIpc) is 3.65. The van der Waals surface area contributed by atoms with Crippen LogP contribution in [0.15, 0.2) is 11.6 Å². The topological polar surface area (TPSA) is 119 Å². The Balaban J connectivity index is 1.52. The summed E-state index contributed by atoms with van der Waals surface area (Å²) in [5, 5.41) is 21.6. The van der Waals surface area contributed by atoms with Crippen molar-refractivity contribution in [3.63, 3.8) is 0 Å². The van der Waals surface area contributed by atoms with Crippen molar-refractivity contribution >= 4 is 17.7 Å². The maximum atomic E-state index is 12.4. The van der Waals surface area contributed by atoms with Crippen LogP contribution in [0.1, 0.15) is 181 Å². The van der Waals surface area contributed by atoms with E-state index in [4.69, 9.17) is 14.2 Å². The summed E-state index contributed by atoms with van der Waals surface area (Å²) in [4.78, 5) is 35.8. The summed E-state index contributed by atoms with van der Waals surface area (Å²) >= 11 is 0. The van der Waals surface area contributed by atoms with Crippen molar-refractivity contribution in [2.45, 2.75) is 218 Å². The largest absolute Gasteiger partial charge is 0.462 e. The summed E-state index contributed by atoms with van der Waals surface area (Å²) in [5.74, 6) is -0.283. The van der Waals surface area contributed by atoms with E-state index in [1.807, 2.05) is 13.0 Å². The molecule has 2 aliphatic heterocycles. The van der Waals surface area contributed by atoms with Crippen LogP contribution in [0.5, 0.6) is 0 Å². The Morgan fingerprint density at radius 1 is 0.787 bits per heavy atom. The molecule has 0 aromatic carbocycles. The van der Waals surface area contributed by atoms with Crippen LogP contribution in [0, 0.1) is 0 Å². The fraction of sp³-hybridized carbons (Fsp3) is 0.872. The lowest BCUT2D eigenvalue weighted by Gasteiger charge is -2.25. The first-order chi connectivity index (χ1) is 22.7. The van der Waals surface area contributed by atoms with Gasteiger partial charge in [0, 0.05) is 31.8 Å². The molecule has 47 heavy (non-hydrogen) atoms. The third kappa shape index (κ3) is 19.1. The number of esters is 2. The van der Waals surface area contributed by atoms with E-state index in [-0.39, 0.29) is 36.0 Å². The van der Waals surface area contributed by atoms with Gasteiger partial charge >= 0.3 is 11.9 Å². The van der Waals surface area contributed by atoms with Gasteiger partial charge in [0.25, 0.3) is 0 Å². The van der Waals surface area contributed by atoms with Crippen LogP contribution in [0.25, 0.3) is 0 Å². The van der Waals surface area contributed by atoms with Gasteiger partial charge in [-0.1, -0.05) is 90.4 Å². The lowest BCUT2D eigenvalue weighted by atomic mass is 9.98. The molecule has 2 N–H and O–H groups in total. The van der Waals surface area contributed by atoms with E-state index in [0.717, 1.165) is 82.6 Å². The molecule has 0 radical (unpaired) electrons. The molecular weight excluding hydrogens is 596 g/mol. The van der Waals surface area contributed by atoms with Crippen molar-refractivity contribution in [2.75, 3.05) is 0 Å². The molecule has 8 heteroatoms. The highest BCUT2D eigenvalue weighted by Crippen LogP contribution is 2.29. The fourth-order valence-electron chi connectivity index (χ4n) is 6.97. The number of cyclic esters (lactones) is 1. The van der Waals surface area contributed by atoms with Gasteiger partial charge in [-0.2, -0.15) is 0 Å². The molecule has 2 aliphatic rings. The number of carbonyl (C=O) groups is 3. The highest BCUT2D eigenvalue weighted by atomic mass is 16.6. The summed E-state index contributed by atoms with van der Waals surface area (Å²) in [6, 6.07) is 0. The van der Waals surface area contributed by atoms with Crippen molar-refractivity contribution in [3.05, 3.63) is 11.6 Å². The molecule has 1 unspecified atom stereocenters. The first-order valence-electron chi connectivity index (χ1n) is 19.3. The minimum Gasteiger partial charge on any atom is -0.462 e. The van der Waals surface area contributed by atoms with E-state index >= 15 is 0 Å². The fourth-order valence-corrected chi connectivity index (χ4v) is 6.97. The monoisotopic (exact) mass is 664 g/mol. The molecule has 0 bridgehead atoms. The minimum atomic E-state index is -0.761. The zero-order chi connectivity index (χ0) is 34.3. The van der Waals surface area contributed by atoms with Crippen LogP contribution in [0.3, 0.4) is 0 Å². The Morgan fingerprint density at radius 3 is 1.91 bits per heavy atom. The number of rotatable bonds is 29. The molecule has 1 saturated heterocycles. The number of aliphatic hydroxyl groups excluding tert-OH is 2. The van der Waals surface area contributed by atoms with Crippen LogP contribution < -0.4 is 0 Å². The molecule has 0 amide bonds. The molecule has 0 aromatic heterocycles. The van der Waals surface area contributed by atoms with Crippen molar-refractivity contribution in [1.29, 1.82) is 0 Å². The van der Waals surface area contributed by atoms with Crippen LogP contribution in [-0.2, 0) is 28.6 Å². The predicted molar refractivity (Wildman–Crippen MR) is 186 cm³/mol. The first-order valence-corrected chi connectivity index (χ1v) is 19.3. The maximum Gasteiger partial charge on any atom is 0.334 e. The van der Waals surface area contributed by atoms with Crippen molar-refractivity contribution in [2.24, 2.45) is 0 Å². The number of hydrogen-bond donors (Lipinski definition) is 2. The predicted octanol–water partition coefficient (Wildman–Crippen LogP) is 8.62.